The summed E-state index contributed by atoms with van der Waals surface area (Å²) in [7, 11) is 1.77. The van der Waals surface area contributed by atoms with E-state index in [1.54, 1.807) is 18.9 Å². The van der Waals surface area contributed by atoms with E-state index in [1.165, 1.54) is 0 Å². The van der Waals surface area contributed by atoms with E-state index < -0.39 is 6.04 Å². The van der Waals surface area contributed by atoms with Crippen LogP contribution in [0.2, 0.25) is 0 Å². The van der Waals surface area contributed by atoms with Gasteiger partial charge in [-0.2, -0.15) is 0 Å². The van der Waals surface area contributed by atoms with Crippen molar-refractivity contribution in [2.24, 2.45) is 5.73 Å². The first kappa shape index (κ1) is 15.3. The summed E-state index contributed by atoms with van der Waals surface area (Å²) >= 11 is 0. The first-order valence-corrected chi connectivity index (χ1v) is 7.09. The molecule has 2 rings (SSSR count). The fraction of sp³-hybridized carbons (Fsp3) is 0.375. The Morgan fingerprint density at radius 2 is 2.10 bits per heavy atom. The zero-order valence-corrected chi connectivity index (χ0v) is 12.5. The Kier molecular flexibility index (Phi) is 5.11. The summed E-state index contributed by atoms with van der Waals surface area (Å²) in [6.45, 7) is 2.35. The molecule has 112 valence electrons. The molecule has 0 radical (unpaired) electrons. The number of likely N-dealkylation sites (N-methyl/N-ethyl adjacent to an activating group) is 1. The molecule has 1 aromatic carbocycles. The van der Waals surface area contributed by atoms with E-state index in [-0.39, 0.29) is 5.91 Å². The predicted octanol–water partition coefficient (Wildman–Crippen LogP) is 2.08. The quantitative estimate of drug-likeness (QED) is 0.883. The van der Waals surface area contributed by atoms with Gasteiger partial charge in [-0.15, -0.1) is 0 Å². The van der Waals surface area contributed by atoms with Crippen LogP contribution in [0, 0.1) is 0 Å². The number of benzene rings is 1. The van der Waals surface area contributed by atoms with Gasteiger partial charge in [-0.1, -0.05) is 35.5 Å². The van der Waals surface area contributed by atoms with Crippen molar-refractivity contribution in [2.45, 2.75) is 25.8 Å². The fourth-order valence-corrected chi connectivity index (χ4v) is 2.12. The molecule has 5 heteroatoms. The zero-order valence-electron chi connectivity index (χ0n) is 12.5. The van der Waals surface area contributed by atoms with E-state index in [4.69, 9.17) is 10.3 Å². The van der Waals surface area contributed by atoms with Crippen LogP contribution in [0.15, 0.2) is 40.9 Å². The Morgan fingerprint density at radius 1 is 1.38 bits per heavy atom. The smallest absolute Gasteiger partial charge is 0.238 e. The number of amides is 1. The highest BCUT2D eigenvalue weighted by Crippen LogP contribution is 2.19. The third-order valence-electron chi connectivity index (χ3n) is 3.31. The molecule has 0 aliphatic rings. The van der Waals surface area contributed by atoms with Gasteiger partial charge in [0.05, 0.1) is 6.04 Å². The van der Waals surface area contributed by atoms with Gasteiger partial charge in [0.1, 0.15) is 11.5 Å². The van der Waals surface area contributed by atoms with Crippen LogP contribution in [0.1, 0.15) is 19.1 Å². The van der Waals surface area contributed by atoms with Gasteiger partial charge in [0.2, 0.25) is 5.91 Å². The van der Waals surface area contributed by atoms with Gasteiger partial charge in [-0.25, -0.2) is 0 Å². The van der Waals surface area contributed by atoms with Crippen molar-refractivity contribution in [3.63, 3.8) is 0 Å². The normalized spacial score (nSPS) is 12.1. The maximum Gasteiger partial charge on any atom is 0.238 e. The average Bonchev–Trinajstić information content (AvgIpc) is 2.96. The van der Waals surface area contributed by atoms with Crippen LogP contribution < -0.4 is 5.73 Å². The summed E-state index contributed by atoms with van der Waals surface area (Å²) in [4.78, 5) is 13.3. The Balaban J connectivity index is 1.85. The summed E-state index contributed by atoms with van der Waals surface area (Å²) in [5.41, 5.74) is 7.44. The number of hydrogen-bond acceptors (Lipinski definition) is 4. The highest BCUT2D eigenvalue weighted by Gasteiger charge is 2.13. The number of nitrogens with zero attached hydrogens (tertiary/aromatic N) is 2. The lowest BCUT2D eigenvalue weighted by Crippen LogP contribution is -2.40. The minimum Gasteiger partial charge on any atom is -0.361 e. The molecule has 0 bridgehead atoms. The van der Waals surface area contributed by atoms with Crippen LogP contribution in [0.4, 0.5) is 0 Å². The Bertz CT molecular complexity index is 578. The highest BCUT2D eigenvalue weighted by molar-refractivity contribution is 5.80. The largest absolute Gasteiger partial charge is 0.361 e. The minimum atomic E-state index is -0.454. The van der Waals surface area contributed by atoms with Crippen molar-refractivity contribution in [1.29, 1.82) is 0 Å². The minimum absolute atomic E-state index is 0.0439. The molecule has 0 aliphatic carbocycles. The third kappa shape index (κ3) is 4.16. The van der Waals surface area contributed by atoms with E-state index in [0.29, 0.717) is 6.54 Å². The average molecular weight is 287 g/mol. The second kappa shape index (κ2) is 7.04. The molecule has 5 nitrogen and oxygen atoms in total. The highest BCUT2D eigenvalue weighted by atomic mass is 16.5. The van der Waals surface area contributed by atoms with E-state index in [1.807, 2.05) is 36.4 Å². The SMILES string of the molecule is C[C@H](N)C(=O)N(C)CCCc1cc(-c2ccccc2)no1. The lowest BCUT2D eigenvalue weighted by atomic mass is 10.1. The fourth-order valence-electron chi connectivity index (χ4n) is 2.12. The summed E-state index contributed by atoms with van der Waals surface area (Å²) in [5.74, 6) is 0.785. The number of aromatic nitrogens is 1. The van der Waals surface area contributed by atoms with Gasteiger partial charge in [-0.05, 0) is 13.3 Å². The molecule has 2 aromatic rings. The first-order valence-electron chi connectivity index (χ1n) is 7.09. The van der Waals surface area contributed by atoms with Crippen molar-refractivity contribution in [1.82, 2.24) is 10.1 Å². The number of aryl methyl sites for hydroxylation is 1. The molecule has 0 saturated carbocycles. The second-order valence-corrected chi connectivity index (χ2v) is 5.20. The predicted molar refractivity (Wildman–Crippen MR) is 81.5 cm³/mol. The maximum absolute atomic E-state index is 11.6. The number of rotatable bonds is 6. The Morgan fingerprint density at radius 3 is 2.76 bits per heavy atom. The molecule has 0 spiro atoms. The van der Waals surface area contributed by atoms with Gasteiger partial charge >= 0.3 is 0 Å². The summed E-state index contributed by atoms with van der Waals surface area (Å²) in [6.07, 6.45) is 1.56. The van der Waals surface area contributed by atoms with Gasteiger partial charge < -0.3 is 15.2 Å². The van der Waals surface area contributed by atoms with E-state index in [0.717, 1.165) is 29.9 Å². The van der Waals surface area contributed by atoms with Crippen LogP contribution in [0.5, 0.6) is 0 Å². The van der Waals surface area contributed by atoms with E-state index >= 15 is 0 Å². The van der Waals surface area contributed by atoms with Crippen LogP contribution in [-0.4, -0.2) is 35.6 Å². The Labute approximate surface area is 124 Å². The second-order valence-electron chi connectivity index (χ2n) is 5.20. The van der Waals surface area contributed by atoms with Gasteiger partial charge in [0.25, 0.3) is 0 Å². The lowest BCUT2D eigenvalue weighted by molar-refractivity contribution is -0.130. The molecule has 1 heterocycles. The first-order chi connectivity index (χ1) is 10.1. The van der Waals surface area contributed by atoms with Gasteiger partial charge in [0, 0.05) is 31.6 Å². The van der Waals surface area contributed by atoms with Crippen molar-refractivity contribution >= 4 is 5.91 Å². The Hall–Kier alpha value is -2.14. The van der Waals surface area contributed by atoms with Crippen molar-refractivity contribution in [2.75, 3.05) is 13.6 Å². The third-order valence-corrected chi connectivity index (χ3v) is 3.31. The molecular weight excluding hydrogens is 266 g/mol. The van der Waals surface area contributed by atoms with Crippen molar-refractivity contribution < 1.29 is 9.32 Å². The van der Waals surface area contributed by atoms with Gasteiger partial charge in [0.15, 0.2) is 0 Å². The van der Waals surface area contributed by atoms with Crippen LogP contribution in [0.25, 0.3) is 11.3 Å². The summed E-state index contributed by atoms with van der Waals surface area (Å²) < 4.78 is 5.33. The molecule has 1 amide bonds. The van der Waals surface area contributed by atoms with Crippen molar-refractivity contribution in [3.05, 3.63) is 42.2 Å². The molecule has 21 heavy (non-hydrogen) atoms. The van der Waals surface area contributed by atoms with Crippen LogP contribution >= 0.6 is 0 Å². The molecule has 1 atom stereocenters. The topological polar surface area (TPSA) is 72.4 Å². The molecule has 1 aromatic heterocycles. The number of carbonyl (C=O) groups is 1. The molecule has 0 aliphatic heterocycles. The summed E-state index contributed by atoms with van der Waals surface area (Å²) in [6, 6.07) is 11.4. The zero-order chi connectivity index (χ0) is 15.2. The number of carbonyl (C=O) groups excluding carboxylic acids is 1. The van der Waals surface area contributed by atoms with E-state index in [2.05, 4.69) is 5.16 Å². The van der Waals surface area contributed by atoms with Gasteiger partial charge in [-0.3, -0.25) is 4.79 Å². The van der Waals surface area contributed by atoms with Crippen molar-refractivity contribution in [3.8, 4) is 11.3 Å². The molecule has 0 fully saturated rings. The van der Waals surface area contributed by atoms with Crippen LogP contribution in [0.3, 0.4) is 0 Å². The molecule has 0 unspecified atom stereocenters. The number of nitrogens with two attached hydrogens (primary N) is 1. The standard InChI is InChI=1S/C16H21N3O2/c1-12(17)16(20)19(2)10-6-9-14-11-15(18-21-14)13-7-4-3-5-8-13/h3-5,7-8,11-12H,6,9-10,17H2,1-2H3/t12-/m0/s1. The monoisotopic (exact) mass is 287 g/mol. The molecule has 0 saturated heterocycles. The molecular formula is C16H21N3O2. The lowest BCUT2D eigenvalue weighted by Gasteiger charge is -2.18. The number of hydrogen-bond donors (Lipinski definition) is 1. The van der Waals surface area contributed by atoms with Crippen LogP contribution in [-0.2, 0) is 11.2 Å². The molecule has 2 N–H and O–H groups in total. The summed E-state index contributed by atoms with van der Waals surface area (Å²) in [5, 5.41) is 4.07. The van der Waals surface area contributed by atoms with E-state index in [9.17, 15) is 4.79 Å². The maximum atomic E-state index is 11.6.